The summed E-state index contributed by atoms with van der Waals surface area (Å²) in [7, 11) is 2.15. The van der Waals surface area contributed by atoms with E-state index in [1.165, 1.54) is 6.42 Å². The van der Waals surface area contributed by atoms with E-state index >= 15 is 0 Å². The molecule has 1 N–H and O–H groups in total. The number of carboxylic acids is 1. The van der Waals surface area contributed by atoms with Crippen LogP contribution in [-0.4, -0.2) is 49.3 Å². The number of aliphatic carboxylic acids is 1. The molecule has 1 aliphatic carbocycles. The van der Waals surface area contributed by atoms with Gasteiger partial charge in [-0.3, -0.25) is 4.79 Å². The minimum Gasteiger partial charge on any atom is -0.481 e. The van der Waals surface area contributed by atoms with Crippen LogP contribution in [0.15, 0.2) is 0 Å². The predicted molar refractivity (Wildman–Crippen MR) is 58.1 cm³/mol. The van der Waals surface area contributed by atoms with Crippen LogP contribution in [0.4, 0.5) is 0 Å². The van der Waals surface area contributed by atoms with Crippen molar-refractivity contribution >= 4 is 5.97 Å². The third kappa shape index (κ3) is 1.39. The molecule has 0 aromatic carbocycles. The number of carbonyl (C=O) groups is 1. The van der Waals surface area contributed by atoms with Crippen LogP contribution >= 0.6 is 0 Å². The van der Waals surface area contributed by atoms with Crippen molar-refractivity contribution in [2.24, 2.45) is 23.2 Å². The zero-order chi connectivity index (χ0) is 11.3. The summed E-state index contributed by atoms with van der Waals surface area (Å²) in [5, 5.41) is 9.05. The zero-order valence-corrected chi connectivity index (χ0v) is 9.69. The van der Waals surface area contributed by atoms with Crippen molar-refractivity contribution in [2.75, 3.05) is 33.4 Å². The Hall–Kier alpha value is -0.610. The number of nitrogens with zero attached hydrogens (tertiary/aromatic N) is 1. The van der Waals surface area contributed by atoms with Gasteiger partial charge in [-0.15, -0.1) is 0 Å². The molecule has 3 rings (SSSR count). The minimum absolute atomic E-state index is 0.0881. The van der Waals surface area contributed by atoms with Gasteiger partial charge in [-0.05, 0) is 38.3 Å². The van der Waals surface area contributed by atoms with Crippen molar-refractivity contribution in [1.29, 1.82) is 0 Å². The van der Waals surface area contributed by atoms with Crippen LogP contribution in [0.2, 0.25) is 0 Å². The normalized spacial score (nSPS) is 41.7. The van der Waals surface area contributed by atoms with E-state index in [0.717, 1.165) is 32.7 Å². The van der Waals surface area contributed by atoms with Gasteiger partial charge in [0, 0.05) is 12.0 Å². The topological polar surface area (TPSA) is 49.8 Å². The average Bonchev–Trinajstić information content (AvgIpc) is 2.83. The molecule has 0 radical (unpaired) electrons. The quantitative estimate of drug-likeness (QED) is 0.767. The molecule has 3 fully saturated rings. The standard InChI is InChI=1S/C12H19NO3/c1-13-3-2-8(5-13)12(6-16-7-12)10-4-9(10)11(14)15/h8-10H,2-7H2,1H3,(H,14,15). The molecule has 2 aliphatic heterocycles. The molecule has 4 nitrogen and oxygen atoms in total. The Bertz CT molecular complexity index is 313. The molecule has 2 saturated heterocycles. The van der Waals surface area contributed by atoms with Gasteiger partial charge < -0.3 is 14.7 Å². The number of rotatable bonds is 3. The van der Waals surface area contributed by atoms with Gasteiger partial charge in [0.2, 0.25) is 0 Å². The Morgan fingerprint density at radius 1 is 1.50 bits per heavy atom. The number of likely N-dealkylation sites (tertiary alicyclic amines) is 1. The molecule has 3 aliphatic rings. The maximum Gasteiger partial charge on any atom is 0.306 e. The Kier molecular flexibility index (Phi) is 2.27. The molecule has 0 spiro atoms. The second kappa shape index (κ2) is 3.44. The summed E-state index contributed by atoms with van der Waals surface area (Å²) in [5.74, 6) is 0.341. The van der Waals surface area contributed by atoms with E-state index in [1.54, 1.807) is 0 Å². The second-order valence-corrected chi connectivity index (χ2v) is 5.76. The lowest BCUT2D eigenvalue weighted by Gasteiger charge is -2.47. The van der Waals surface area contributed by atoms with Crippen molar-refractivity contribution in [2.45, 2.75) is 12.8 Å². The summed E-state index contributed by atoms with van der Waals surface area (Å²) in [4.78, 5) is 13.3. The molecule has 1 saturated carbocycles. The molecule has 0 amide bonds. The maximum atomic E-state index is 11.0. The van der Waals surface area contributed by atoms with Gasteiger partial charge in [0.25, 0.3) is 0 Å². The summed E-state index contributed by atoms with van der Waals surface area (Å²) < 4.78 is 5.40. The van der Waals surface area contributed by atoms with Gasteiger partial charge in [0.05, 0.1) is 19.1 Å². The summed E-state index contributed by atoms with van der Waals surface area (Å²) >= 11 is 0. The van der Waals surface area contributed by atoms with Crippen LogP contribution in [0.1, 0.15) is 12.8 Å². The van der Waals surface area contributed by atoms with Gasteiger partial charge in [-0.25, -0.2) is 0 Å². The van der Waals surface area contributed by atoms with Crippen molar-refractivity contribution in [3.63, 3.8) is 0 Å². The lowest BCUT2D eigenvalue weighted by molar-refractivity contribution is -0.163. The maximum absolute atomic E-state index is 11.0. The first-order chi connectivity index (χ1) is 7.63. The van der Waals surface area contributed by atoms with Gasteiger partial charge in [-0.1, -0.05) is 0 Å². The van der Waals surface area contributed by atoms with Crippen molar-refractivity contribution < 1.29 is 14.6 Å². The largest absolute Gasteiger partial charge is 0.481 e. The van der Waals surface area contributed by atoms with Crippen LogP contribution in [-0.2, 0) is 9.53 Å². The Morgan fingerprint density at radius 3 is 2.62 bits per heavy atom. The smallest absolute Gasteiger partial charge is 0.306 e. The Balaban J connectivity index is 1.72. The second-order valence-electron chi connectivity index (χ2n) is 5.76. The van der Waals surface area contributed by atoms with Gasteiger partial charge >= 0.3 is 5.97 Å². The first kappa shape index (κ1) is 10.5. The molecule has 3 atom stereocenters. The van der Waals surface area contributed by atoms with E-state index in [1.807, 2.05) is 0 Å². The van der Waals surface area contributed by atoms with Crippen molar-refractivity contribution in [3.8, 4) is 0 Å². The highest BCUT2D eigenvalue weighted by molar-refractivity contribution is 5.73. The lowest BCUT2D eigenvalue weighted by Crippen LogP contribution is -2.51. The van der Waals surface area contributed by atoms with E-state index in [2.05, 4.69) is 11.9 Å². The molecular formula is C12H19NO3. The number of hydrogen-bond acceptors (Lipinski definition) is 3. The summed E-state index contributed by atoms with van der Waals surface area (Å²) in [5.41, 5.74) is 0.202. The molecule has 0 aromatic rings. The first-order valence-electron chi connectivity index (χ1n) is 6.12. The SMILES string of the molecule is CN1CCC(C2(C3CC3C(=O)O)COC2)C1. The third-order valence-corrected chi connectivity index (χ3v) is 4.79. The average molecular weight is 225 g/mol. The van der Waals surface area contributed by atoms with Gasteiger partial charge in [0.1, 0.15) is 0 Å². The van der Waals surface area contributed by atoms with Crippen LogP contribution in [0.5, 0.6) is 0 Å². The molecule has 2 heterocycles. The van der Waals surface area contributed by atoms with Crippen molar-refractivity contribution in [3.05, 3.63) is 0 Å². The molecule has 16 heavy (non-hydrogen) atoms. The highest BCUT2D eigenvalue weighted by Gasteiger charge is 2.62. The fraction of sp³-hybridized carbons (Fsp3) is 0.917. The fourth-order valence-corrected chi connectivity index (χ4v) is 3.60. The summed E-state index contributed by atoms with van der Waals surface area (Å²) in [6.07, 6.45) is 2.08. The molecule has 3 unspecified atom stereocenters. The predicted octanol–water partition coefficient (Wildman–Crippen LogP) is 0.675. The van der Waals surface area contributed by atoms with Gasteiger partial charge in [0.15, 0.2) is 0 Å². The molecule has 90 valence electrons. The molecule has 4 heteroatoms. The fourth-order valence-electron chi connectivity index (χ4n) is 3.60. The highest BCUT2D eigenvalue weighted by atomic mass is 16.5. The van der Waals surface area contributed by atoms with Crippen molar-refractivity contribution in [1.82, 2.24) is 4.90 Å². The number of carboxylic acid groups (broad SMARTS) is 1. The van der Waals surface area contributed by atoms with E-state index in [4.69, 9.17) is 9.84 Å². The van der Waals surface area contributed by atoms with E-state index in [9.17, 15) is 4.79 Å². The summed E-state index contributed by atoms with van der Waals surface area (Å²) in [6, 6.07) is 0. The highest BCUT2D eigenvalue weighted by Crippen LogP contribution is 2.59. The Labute approximate surface area is 95.6 Å². The number of hydrogen-bond donors (Lipinski definition) is 1. The van der Waals surface area contributed by atoms with Crippen LogP contribution < -0.4 is 0 Å². The lowest BCUT2D eigenvalue weighted by atomic mass is 9.68. The third-order valence-electron chi connectivity index (χ3n) is 4.79. The van der Waals surface area contributed by atoms with Gasteiger partial charge in [-0.2, -0.15) is 0 Å². The van der Waals surface area contributed by atoms with E-state index < -0.39 is 5.97 Å². The Morgan fingerprint density at radius 2 is 2.25 bits per heavy atom. The molecule has 0 aromatic heterocycles. The molecule has 0 bridgehead atoms. The minimum atomic E-state index is -0.609. The first-order valence-corrected chi connectivity index (χ1v) is 6.12. The van der Waals surface area contributed by atoms with E-state index in [-0.39, 0.29) is 11.3 Å². The van der Waals surface area contributed by atoms with Crippen LogP contribution in [0.3, 0.4) is 0 Å². The number of ether oxygens (including phenoxy) is 1. The van der Waals surface area contributed by atoms with E-state index in [0.29, 0.717) is 11.8 Å². The monoisotopic (exact) mass is 225 g/mol. The zero-order valence-electron chi connectivity index (χ0n) is 9.69. The molecular weight excluding hydrogens is 206 g/mol. The van der Waals surface area contributed by atoms with Crippen LogP contribution in [0, 0.1) is 23.2 Å². The summed E-state index contributed by atoms with van der Waals surface area (Å²) in [6.45, 7) is 3.85. The van der Waals surface area contributed by atoms with Crippen LogP contribution in [0.25, 0.3) is 0 Å².